The average Bonchev–Trinajstić information content (AvgIpc) is 2.99. The first-order chi connectivity index (χ1) is 7.99. The number of hydrogen-bond donors (Lipinski definition) is 0. The fourth-order valence-electron chi connectivity index (χ4n) is 1.42. The van der Waals surface area contributed by atoms with E-state index in [1.165, 1.54) is 0 Å². The van der Waals surface area contributed by atoms with Crippen molar-refractivity contribution in [3.63, 3.8) is 0 Å². The summed E-state index contributed by atoms with van der Waals surface area (Å²) < 4.78 is 11.3. The van der Waals surface area contributed by atoms with Crippen molar-refractivity contribution in [1.29, 1.82) is 0 Å². The van der Waals surface area contributed by atoms with E-state index in [1.54, 1.807) is 12.4 Å². The van der Waals surface area contributed by atoms with Crippen molar-refractivity contribution < 1.29 is 14.3 Å². The normalized spacial score (nSPS) is 15.5. The zero-order valence-electron chi connectivity index (χ0n) is 10.4. The summed E-state index contributed by atoms with van der Waals surface area (Å²) in [4.78, 5) is 15.2. The van der Waals surface area contributed by atoms with E-state index < -0.39 is 0 Å². The van der Waals surface area contributed by atoms with Gasteiger partial charge < -0.3 is 9.47 Å². The molecule has 0 unspecified atom stereocenters. The van der Waals surface area contributed by atoms with E-state index in [4.69, 9.17) is 9.47 Å². The Morgan fingerprint density at radius 1 is 1.29 bits per heavy atom. The fraction of sp³-hybridized carbons (Fsp3) is 0.538. The minimum absolute atomic E-state index is 0.236. The maximum atomic E-state index is 11.1. The van der Waals surface area contributed by atoms with Crippen LogP contribution in [0.5, 0.6) is 11.5 Å². The standard InChI is InChI=1S/C13H17NO3/c1-13(2,3)17-12-7-14-6-11(10(12)8-15)16-9-4-5-9/h6-9H,4-5H2,1-3H3. The Bertz CT molecular complexity index is 419. The van der Waals surface area contributed by atoms with Gasteiger partial charge in [-0.1, -0.05) is 0 Å². The molecule has 2 rings (SSSR count). The molecule has 0 saturated heterocycles. The second-order valence-corrected chi connectivity index (χ2v) is 5.20. The monoisotopic (exact) mass is 235 g/mol. The number of rotatable bonds is 4. The van der Waals surface area contributed by atoms with Crippen LogP contribution in [0, 0.1) is 0 Å². The molecule has 0 bridgehead atoms. The number of pyridine rings is 1. The first kappa shape index (κ1) is 11.9. The molecule has 4 nitrogen and oxygen atoms in total. The molecule has 1 aliphatic carbocycles. The molecule has 1 fully saturated rings. The molecule has 0 spiro atoms. The lowest BCUT2D eigenvalue weighted by Crippen LogP contribution is -2.24. The van der Waals surface area contributed by atoms with Gasteiger partial charge >= 0.3 is 0 Å². The van der Waals surface area contributed by atoms with Crippen LogP contribution in [0.25, 0.3) is 0 Å². The molecule has 17 heavy (non-hydrogen) atoms. The summed E-state index contributed by atoms with van der Waals surface area (Å²) in [5.74, 6) is 0.995. The van der Waals surface area contributed by atoms with Gasteiger partial charge in [-0.05, 0) is 33.6 Å². The third-order valence-electron chi connectivity index (χ3n) is 2.27. The summed E-state index contributed by atoms with van der Waals surface area (Å²) in [6.45, 7) is 5.78. The van der Waals surface area contributed by atoms with Crippen LogP contribution in [0.15, 0.2) is 12.4 Å². The van der Waals surface area contributed by atoms with Crippen molar-refractivity contribution in [2.24, 2.45) is 0 Å². The van der Waals surface area contributed by atoms with Crippen LogP contribution in [0.2, 0.25) is 0 Å². The van der Waals surface area contributed by atoms with Gasteiger partial charge in [-0.15, -0.1) is 0 Å². The van der Waals surface area contributed by atoms with Crippen LogP contribution in [-0.4, -0.2) is 23.0 Å². The second kappa shape index (κ2) is 4.35. The molecule has 1 aromatic heterocycles. The Kier molecular flexibility index (Phi) is 3.05. The molecular weight excluding hydrogens is 218 g/mol. The van der Waals surface area contributed by atoms with Crippen molar-refractivity contribution in [3.8, 4) is 11.5 Å². The molecule has 0 amide bonds. The second-order valence-electron chi connectivity index (χ2n) is 5.20. The predicted molar refractivity (Wildman–Crippen MR) is 63.7 cm³/mol. The van der Waals surface area contributed by atoms with Crippen molar-refractivity contribution in [2.45, 2.75) is 45.3 Å². The molecule has 1 aliphatic rings. The Morgan fingerprint density at radius 3 is 2.47 bits per heavy atom. The van der Waals surface area contributed by atoms with E-state index in [0.717, 1.165) is 19.1 Å². The van der Waals surface area contributed by atoms with Crippen LogP contribution in [-0.2, 0) is 0 Å². The number of carbonyl (C=O) groups excluding carboxylic acids is 1. The smallest absolute Gasteiger partial charge is 0.157 e. The lowest BCUT2D eigenvalue weighted by Gasteiger charge is -2.22. The molecular formula is C13H17NO3. The van der Waals surface area contributed by atoms with E-state index in [-0.39, 0.29) is 11.7 Å². The quantitative estimate of drug-likeness (QED) is 0.753. The summed E-state index contributed by atoms with van der Waals surface area (Å²) >= 11 is 0. The predicted octanol–water partition coefficient (Wildman–Crippen LogP) is 2.61. The highest BCUT2D eigenvalue weighted by molar-refractivity contribution is 5.83. The van der Waals surface area contributed by atoms with E-state index in [2.05, 4.69) is 4.98 Å². The highest BCUT2D eigenvalue weighted by atomic mass is 16.5. The highest BCUT2D eigenvalue weighted by Gasteiger charge is 2.26. The van der Waals surface area contributed by atoms with Crippen molar-refractivity contribution in [2.75, 3.05) is 0 Å². The van der Waals surface area contributed by atoms with Gasteiger partial charge in [0.1, 0.15) is 11.2 Å². The van der Waals surface area contributed by atoms with Gasteiger partial charge in [0.05, 0.1) is 18.5 Å². The molecule has 1 heterocycles. The minimum atomic E-state index is -0.363. The molecule has 1 saturated carbocycles. The highest BCUT2D eigenvalue weighted by Crippen LogP contribution is 2.32. The summed E-state index contributed by atoms with van der Waals surface area (Å²) in [6, 6.07) is 0. The molecule has 1 aromatic rings. The molecule has 92 valence electrons. The molecule has 4 heteroatoms. The Labute approximate surface area is 101 Å². The van der Waals surface area contributed by atoms with Crippen LogP contribution in [0.3, 0.4) is 0 Å². The van der Waals surface area contributed by atoms with Crippen LogP contribution >= 0.6 is 0 Å². The molecule has 0 radical (unpaired) electrons. The summed E-state index contributed by atoms with van der Waals surface area (Å²) in [5.41, 5.74) is 0.0827. The van der Waals surface area contributed by atoms with Crippen LogP contribution in [0.1, 0.15) is 44.0 Å². The third kappa shape index (κ3) is 3.19. The van der Waals surface area contributed by atoms with E-state index in [0.29, 0.717) is 17.1 Å². The van der Waals surface area contributed by atoms with E-state index >= 15 is 0 Å². The van der Waals surface area contributed by atoms with Gasteiger partial charge in [0.15, 0.2) is 17.8 Å². The molecule has 0 N–H and O–H groups in total. The zero-order valence-corrected chi connectivity index (χ0v) is 10.4. The Balaban J connectivity index is 2.27. The third-order valence-corrected chi connectivity index (χ3v) is 2.27. The number of nitrogens with zero attached hydrogens (tertiary/aromatic N) is 1. The number of ether oxygens (including phenoxy) is 2. The summed E-state index contributed by atoms with van der Waals surface area (Å²) in [5, 5.41) is 0. The Hall–Kier alpha value is -1.58. The summed E-state index contributed by atoms with van der Waals surface area (Å²) in [7, 11) is 0. The van der Waals surface area contributed by atoms with Crippen LogP contribution < -0.4 is 9.47 Å². The topological polar surface area (TPSA) is 48.4 Å². The van der Waals surface area contributed by atoms with E-state index in [9.17, 15) is 4.79 Å². The van der Waals surface area contributed by atoms with Gasteiger partial charge in [0.25, 0.3) is 0 Å². The number of aromatic nitrogens is 1. The van der Waals surface area contributed by atoms with Gasteiger partial charge in [-0.2, -0.15) is 0 Å². The maximum Gasteiger partial charge on any atom is 0.157 e. The zero-order chi connectivity index (χ0) is 12.5. The maximum absolute atomic E-state index is 11.1. The van der Waals surface area contributed by atoms with Crippen molar-refractivity contribution in [3.05, 3.63) is 18.0 Å². The lowest BCUT2D eigenvalue weighted by atomic mass is 10.2. The lowest BCUT2D eigenvalue weighted by molar-refractivity contribution is 0.108. The first-order valence-corrected chi connectivity index (χ1v) is 5.78. The average molecular weight is 235 g/mol. The summed E-state index contributed by atoms with van der Waals surface area (Å²) in [6.07, 6.45) is 6.21. The van der Waals surface area contributed by atoms with E-state index in [1.807, 2.05) is 20.8 Å². The SMILES string of the molecule is CC(C)(C)Oc1cncc(OC2CC2)c1C=O. The first-order valence-electron chi connectivity index (χ1n) is 5.78. The van der Waals surface area contributed by atoms with Gasteiger partial charge in [-0.3, -0.25) is 9.78 Å². The number of aldehydes is 1. The van der Waals surface area contributed by atoms with Crippen LogP contribution in [0.4, 0.5) is 0 Å². The minimum Gasteiger partial charge on any atom is -0.488 e. The van der Waals surface area contributed by atoms with Crippen molar-refractivity contribution in [1.82, 2.24) is 4.98 Å². The molecule has 0 aromatic carbocycles. The number of carbonyl (C=O) groups is 1. The molecule has 0 atom stereocenters. The molecule has 0 aliphatic heterocycles. The van der Waals surface area contributed by atoms with Gasteiger partial charge in [0, 0.05) is 0 Å². The fourth-order valence-corrected chi connectivity index (χ4v) is 1.42. The largest absolute Gasteiger partial charge is 0.488 e. The van der Waals surface area contributed by atoms with Crippen molar-refractivity contribution >= 4 is 6.29 Å². The van der Waals surface area contributed by atoms with Gasteiger partial charge in [0.2, 0.25) is 0 Å². The van der Waals surface area contributed by atoms with Gasteiger partial charge in [-0.25, -0.2) is 0 Å². The Morgan fingerprint density at radius 2 is 1.94 bits per heavy atom. The number of hydrogen-bond acceptors (Lipinski definition) is 4.